The van der Waals surface area contributed by atoms with E-state index in [2.05, 4.69) is 6.92 Å². The van der Waals surface area contributed by atoms with Gasteiger partial charge in [0.1, 0.15) is 12.4 Å². The van der Waals surface area contributed by atoms with Gasteiger partial charge in [0, 0.05) is 32.6 Å². The summed E-state index contributed by atoms with van der Waals surface area (Å²) in [6.07, 6.45) is 5.33. The number of nitrogens with zero attached hydrogens (tertiary/aromatic N) is 3. The van der Waals surface area contributed by atoms with Gasteiger partial charge in [-0.25, -0.2) is 0 Å². The highest BCUT2D eigenvalue weighted by Crippen LogP contribution is 2.12. The van der Waals surface area contributed by atoms with Crippen LogP contribution in [0.2, 0.25) is 0 Å². The van der Waals surface area contributed by atoms with Gasteiger partial charge in [0.05, 0.1) is 25.9 Å². The Balaban J connectivity index is 2.12. The molecule has 0 spiro atoms. The minimum Gasteiger partial charge on any atom is -0.467 e. The summed E-state index contributed by atoms with van der Waals surface area (Å²) in [5, 5.41) is 0. The van der Waals surface area contributed by atoms with Crippen LogP contribution in [0.5, 0.6) is 0 Å². The van der Waals surface area contributed by atoms with Crippen LogP contribution in [0, 0.1) is 0 Å². The maximum Gasteiger partial charge on any atom is 0.249 e. The van der Waals surface area contributed by atoms with Crippen LogP contribution in [0.25, 0.3) is 0 Å². The molecule has 0 radical (unpaired) electrons. The highest BCUT2D eigenvalue weighted by molar-refractivity contribution is 5.85. The van der Waals surface area contributed by atoms with Crippen molar-refractivity contribution in [3.05, 3.63) is 48.2 Å². The smallest absolute Gasteiger partial charge is 0.249 e. The number of unbranched alkanes of at least 4 members (excludes halogenated alkanes) is 1. The molecule has 2 amide bonds. The van der Waals surface area contributed by atoms with Crippen molar-refractivity contribution in [1.82, 2.24) is 14.4 Å². The Labute approximate surface area is 160 Å². The zero-order valence-corrected chi connectivity index (χ0v) is 16.4. The third kappa shape index (κ3) is 6.29. The Kier molecular flexibility index (Phi) is 8.13. The summed E-state index contributed by atoms with van der Waals surface area (Å²) in [5.74, 6) is 0.421. The third-order valence-corrected chi connectivity index (χ3v) is 4.41. The number of hydrogen-bond acceptors (Lipinski definition) is 4. The molecule has 2 heterocycles. The highest BCUT2D eigenvalue weighted by Gasteiger charge is 2.22. The first-order chi connectivity index (χ1) is 13.0. The van der Waals surface area contributed by atoms with Gasteiger partial charge in [0.15, 0.2) is 0 Å². The summed E-state index contributed by atoms with van der Waals surface area (Å²) in [4.78, 5) is 28.6. The Morgan fingerprint density at radius 3 is 2.56 bits per heavy atom. The average Bonchev–Trinajstić information content (AvgIpc) is 3.30. The topological polar surface area (TPSA) is 67.9 Å². The number of aryl methyl sites for hydroxylation is 1. The van der Waals surface area contributed by atoms with Crippen molar-refractivity contribution in [3.8, 4) is 0 Å². The van der Waals surface area contributed by atoms with Crippen LogP contribution < -0.4 is 0 Å². The molecule has 2 aromatic rings. The predicted molar refractivity (Wildman–Crippen MR) is 102 cm³/mol. The summed E-state index contributed by atoms with van der Waals surface area (Å²) < 4.78 is 12.4. The Morgan fingerprint density at radius 2 is 1.96 bits per heavy atom. The third-order valence-electron chi connectivity index (χ3n) is 4.41. The van der Waals surface area contributed by atoms with Crippen LogP contribution in [0.4, 0.5) is 0 Å². The van der Waals surface area contributed by atoms with E-state index >= 15 is 0 Å². The van der Waals surface area contributed by atoms with Crippen LogP contribution in [-0.4, -0.2) is 53.0 Å². The lowest BCUT2D eigenvalue weighted by Crippen LogP contribution is -2.44. The molecule has 0 aliphatic heterocycles. The van der Waals surface area contributed by atoms with Gasteiger partial charge < -0.3 is 23.5 Å². The SMILES string of the molecule is CCCCN(CC(=O)N(Cc1ccco1)Cc1cccn1C)C(=O)COC. The molecular weight excluding hydrogens is 346 g/mol. The Bertz CT molecular complexity index is 709. The van der Waals surface area contributed by atoms with E-state index in [0.29, 0.717) is 25.4 Å². The second kappa shape index (κ2) is 10.6. The molecule has 2 rings (SSSR count). The van der Waals surface area contributed by atoms with Crippen molar-refractivity contribution in [2.24, 2.45) is 7.05 Å². The van der Waals surface area contributed by atoms with E-state index in [0.717, 1.165) is 18.5 Å². The number of methoxy groups -OCH3 is 1. The normalized spacial score (nSPS) is 10.8. The first-order valence-electron chi connectivity index (χ1n) is 9.22. The van der Waals surface area contributed by atoms with Gasteiger partial charge in [-0.3, -0.25) is 9.59 Å². The molecule has 0 aliphatic rings. The van der Waals surface area contributed by atoms with Crippen LogP contribution in [0.1, 0.15) is 31.2 Å². The highest BCUT2D eigenvalue weighted by atomic mass is 16.5. The van der Waals surface area contributed by atoms with Crippen molar-refractivity contribution >= 4 is 11.8 Å². The number of rotatable bonds is 11. The number of hydrogen-bond donors (Lipinski definition) is 0. The Hall–Kier alpha value is -2.54. The molecule has 0 N–H and O–H groups in total. The lowest BCUT2D eigenvalue weighted by molar-refractivity contribution is -0.143. The molecule has 2 aromatic heterocycles. The van der Waals surface area contributed by atoms with Gasteiger partial charge in [-0.2, -0.15) is 0 Å². The summed E-state index contributed by atoms with van der Waals surface area (Å²) in [6.45, 7) is 3.42. The van der Waals surface area contributed by atoms with Crippen molar-refractivity contribution in [1.29, 1.82) is 0 Å². The minimum absolute atomic E-state index is 0.0208. The first kappa shape index (κ1) is 20.8. The van der Waals surface area contributed by atoms with Gasteiger partial charge in [-0.15, -0.1) is 0 Å². The monoisotopic (exact) mass is 375 g/mol. The maximum atomic E-state index is 13.0. The molecule has 0 saturated heterocycles. The molecule has 0 atom stereocenters. The van der Waals surface area contributed by atoms with Crippen molar-refractivity contribution < 1.29 is 18.7 Å². The van der Waals surface area contributed by atoms with Crippen molar-refractivity contribution in [2.75, 3.05) is 26.8 Å². The van der Waals surface area contributed by atoms with Gasteiger partial charge in [0.2, 0.25) is 11.8 Å². The molecule has 0 fully saturated rings. The van der Waals surface area contributed by atoms with E-state index in [1.165, 1.54) is 7.11 Å². The number of aromatic nitrogens is 1. The molecule has 7 nitrogen and oxygen atoms in total. The molecule has 0 bridgehead atoms. The van der Waals surface area contributed by atoms with E-state index in [-0.39, 0.29) is 25.0 Å². The van der Waals surface area contributed by atoms with E-state index in [1.54, 1.807) is 22.1 Å². The van der Waals surface area contributed by atoms with Crippen LogP contribution >= 0.6 is 0 Å². The van der Waals surface area contributed by atoms with E-state index in [9.17, 15) is 9.59 Å². The van der Waals surface area contributed by atoms with Crippen LogP contribution in [-0.2, 0) is 34.5 Å². The fraction of sp³-hybridized carbons (Fsp3) is 0.500. The quantitative estimate of drug-likeness (QED) is 0.605. The zero-order valence-electron chi connectivity index (χ0n) is 16.4. The zero-order chi connectivity index (χ0) is 19.6. The minimum atomic E-state index is -0.170. The summed E-state index contributed by atoms with van der Waals surface area (Å²) in [6, 6.07) is 7.57. The summed E-state index contributed by atoms with van der Waals surface area (Å²) in [5.41, 5.74) is 1.01. The second-order valence-electron chi connectivity index (χ2n) is 6.54. The van der Waals surface area contributed by atoms with Gasteiger partial charge in [-0.1, -0.05) is 13.3 Å². The number of amides is 2. The molecule has 148 valence electrons. The molecule has 0 saturated carbocycles. The van der Waals surface area contributed by atoms with Crippen molar-refractivity contribution in [3.63, 3.8) is 0 Å². The fourth-order valence-electron chi connectivity index (χ4n) is 2.80. The number of carbonyl (C=O) groups is 2. The standard InChI is InChI=1S/C20H29N3O4/c1-4-5-11-22(20(25)16-26-3)15-19(24)23(14-18-9-7-12-27-18)13-17-8-6-10-21(17)2/h6-10,12H,4-5,11,13-16H2,1-3H3. The van der Waals surface area contributed by atoms with E-state index in [4.69, 9.17) is 9.15 Å². The predicted octanol–water partition coefficient (Wildman–Crippen LogP) is 2.42. The van der Waals surface area contributed by atoms with Gasteiger partial charge in [-0.05, 0) is 30.7 Å². The van der Waals surface area contributed by atoms with E-state index in [1.807, 2.05) is 36.0 Å². The average molecular weight is 375 g/mol. The summed E-state index contributed by atoms with van der Waals surface area (Å²) in [7, 11) is 3.43. The van der Waals surface area contributed by atoms with Crippen molar-refractivity contribution in [2.45, 2.75) is 32.9 Å². The van der Waals surface area contributed by atoms with Gasteiger partial charge in [0.25, 0.3) is 0 Å². The Morgan fingerprint density at radius 1 is 1.15 bits per heavy atom. The molecule has 0 aromatic carbocycles. The van der Waals surface area contributed by atoms with Crippen LogP contribution in [0.15, 0.2) is 41.1 Å². The lowest BCUT2D eigenvalue weighted by atomic mass is 10.2. The summed E-state index contributed by atoms with van der Waals surface area (Å²) >= 11 is 0. The molecule has 27 heavy (non-hydrogen) atoms. The fourth-order valence-corrected chi connectivity index (χ4v) is 2.80. The second-order valence-corrected chi connectivity index (χ2v) is 6.54. The number of furan rings is 1. The van der Waals surface area contributed by atoms with Crippen LogP contribution in [0.3, 0.4) is 0 Å². The maximum absolute atomic E-state index is 13.0. The van der Waals surface area contributed by atoms with E-state index < -0.39 is 0 Å². The number of carbonyl (C=O) groups excluding carboxylic acids is 2. The molecule has 0 aliphatic carbocycles. The first-order valence-corrected chi connectivity index (χ1v) is 9.22. The molecule has 0 unspecified atom stereocenters. The molecular formula is C20H29N3O4. The number of ether oxygens (including phenoxy) is 1. The van der Waals surface area contributed by atoms with Gasteiger partial charge >= 0.3 is 0 Å². The molecule has 7 heteroatoms. The largest absolute Gasteiger partial charge is 0.467 e. The lowest BCUT2D eigenvalue weighted by Gasteiger charge is -2.27.